The quantitative estimate of drug-likeness (QED) is 0.616. The van der Waals surface area contributed by atoms with Gasteiger partial charge in [-0.15, -0.1) is 0 Å². The lowest BCUT2D eigenvalue weighted by Crippen LogP contribution is -2.36. The number of nitrogens with zero attached hydrogens (tertiary/aromatic N) is 3. The van der Waals surface area contributed by atoms with E-state index in [0.29, 0.717) is 6.61 Å². The number of methoxy groups -OCH3 is 1. The van der Waals surface area contributed by atoms with Gasteiger partial charge in [0.25, 0.3) is 5.56 Å². The Morgan fingerprint density at radius 3 is 2.92 bits per heavy atom. The average molecular weight is 337 g/mol. The Bertz CT molecular complexity index is 828. The van der Waals surface area contributed by atoms with Crippen molar-refractivity contribution in [2.75, 3.05) is 32.2 Å². The van der Waals surface area contributed by atoms with Crippen LogP contribution < -0.4 is 16.6 Å². The summed E-state index contributed by atoms with van der Waals surface area (Å²) in [7, 11) is 1.48. The molecule has 10 heteroatoms. The number of anilines is 1. The third kappa shape index (κ3) is 4.16. The molecule has 2 N–H and O–H groups in total. The van der Waals surface area contributed by atoms with Gasteiger partial charge in [0.2, 0.25) is 5.95 Å². The van der Waals surface area contributed by atoms with Crippen LogP contribution in [0.2, 0.25) is 0 Å². The predicted octanol–water partition coefficient (Wildman–Crippen LogP) is -0.509. The van der Waals surface area contributed by atoms with E-state index in [2.05, 4.69) is 20.3 Å². The van der Waals surface area contributed by atoms with Crippen LogP contribution in [0.1, 0.15) is 13.3 Å². The van der Waals surface area contributed by atoms with Crippen LogP contribution in [0.25, 0.3) is 11.0 Å². The van der Waals surface area contributed by atoms with Crippen molar-refractivity contribution < 1.29 is 14.3 Å². The van der Waals surface area contributed by atoms with Crippen LogP contribution >= 0.6 is 0 Å². The van der Waals surface area contributed by atoms with Crippen LogP contribution in [0.5, 0.6) is 0 Å². The molecule has 2 rings (SSSR count). The lowest BCUT2D eigenvalue weighted by Gasteiger charge is -2.07. The number of H-pyrrole nitrogens is 1. The summed E-state index contributed by atoms with van der Waals surface area (Å²) in [5, 5.41) is 3.04. The third-order valence-corrected chi connectivity index (χ3v) is 3.17. The molecule has 0 fully saturated rings. The standard InChI is InChI=1S/C14H19N5O5/c1-3-24-10(20)4-5-15-13-16-8-9-11(17-13)18-14(22)19(12(9)21)6-7-23-2/h8H,3-7H2,1-2H3,(H2,15,16,17,18,22). The lowest BCUT2D eigenvalue weighted by atomic mass is 10.4. The van der Waals surface area contributed by atoms with Crippen molar-refractivity contribution >= 4 is 23.0 Å². The number of fused-ring (bicyclic) bond motifs is 1. The smallest absolute Gasteiger partial charge is 0.330 e. The van der Waals surface area contributed by atoms with Crippen LogP contribution in [0, 0.1) is 0 Å². The summed E-state index contributed by atoms with van der Waals surface area (Å²) < 4.78 is 10.7. The van der Waals surface area contributed by atoms with E-state index >= 15 is 0 Å². The minimum absolute atomic E-state index is 0.132. The fourth-order valence-electron chi connectivity index (χ4n) is 2.02. The van der Waals surface area contributed by atoms with Crippen LogP contribution in [0.4, 0.5) is 5.95 Å². The van der Waals surface area contributed by atoms with Gasteiger partial charge in [0.15, 0.2) is 5.65 Å². The largest absolute Gasteiger partial charge is 0.466 e. The molecule has 0 amide bonds. The van der Waals surface area contributed by atoms with Crippen molar-refractivity contribution in [3.63, 3.8) is 0 Å². The maximum Gasteiger partial charge on any atom is 0.330 e. The molecule has 24 heavy (non-hydrogen) atoms. The van der Waals surface area contributed by atoms with Crippen LogP contribution in [-0.4, -0.2) is 52.4 Å². The van der Waals surface area contributed by atoms with E-state index < -0.39 is 11.2 Å². The number of hydrogen-bond acceptors (Lipinski definition) is 8. The molecule has 0 saturated heterocycles. The summed E-state index contributed by atoms with van der Waals surface area (Å²) in [4.78, 5) is 46.1. The minimum Gasteiger partial charge on any atom is -0.466 e. The lowest BCUT2D eigenvalue weighted by molar-refractivity contribution is -0.142. The molecule has 0 saturated carbocycles. The zero-order chi connectivity index (χ0) is 17.5. The number of nitrogens with one attached hydrogen (secondary N) is 2. The zero-order valence-corrected chi connectivity index (χ0v) is 13.5. The highest BCUT2D eigenvalue weighted by atomic mass is 16.5. The van der Waals surface area contributed by atoms with Crippen molar-refractivity contribution in [1.29, 1.82) is 0 Å². The second-order valence-electron chi connectivity index (χ2n) is 4.82. The molecule has 0 aliphatic rings. The monoisotopic (exact) mass is 337 g/mol. The molecule has 0 spiro atoms. The summed E-state index contributed by atoms with van der Waals surface area (Å²) in [6.45, 7) is 2.71. The molecular weight excluding hydrogens is 318 g/mol. The second-order valence-corrected chi connectivity index (χ2v) is 4.82. The Morgan fingerprint density at radius 1 is 1.42 bits per heavy atom. The minimum atomic E-state index is -0.569. The molecule has 10 nitrogen and oxygen atoms in total. The van der Waals surface area contributed by atoms with Gasteiger partial charge in [-0.05, 0) is 6.92 Å². The first-order valence-corrected chi connectivity index (χ1v) is 7.45. The summed E-state index contributed by atoms with van der Waals surface area (Å²) in [6, 6.07) is 0. The fourth-order valence-corrected chi connectivity index (χ4v) is 2.02. The van der Waals surface area contributed by atoms with Gasteiger partial charge in [0.05, 0.1) is 26.2 Å². The summed E-state index contributed by atoms with van der Waals surface area (Å²) in [6.07, 6.45) is 1.49. The molecule has 0 atom stereocenters. The Morgan fingerprint density at radius 2 is 2.21 bits per heavy atom. The number of rotatable bonds is 8. The summed E-state index contributed by atoms with van der Waals surface area (Å²) in [5.41, 5.74) is -0.920. The molecule has 130 valence electrons. The second kappa shape index (κ2) is 8.20. The Labute approximate surface area is 136 Å². The average Bonchev–Trinajstić information content (AvgIpc) is 2.55. The highest BCUT2D eigenvalue weighted by molar-refractivity contribution is 5.73. The van der Waals surface area contributed by atoms with E-state index in [9.17, 15) is 14.4 Å². The Hall–Kier alpha value is -2.75. The molecule has 0 radical (unpaired) electrons. The van der Waals surface area contributed by atoms with Gasteiger partial charge in [-0.2, -0.15) is 4.98 Å². The first kappa shape index (κ1) is 17.6. The first-order chi connectivity index (χ1) is 11.6. The van der Waals surface area contributed by atoms with Gasteiger partial charge in [0, 0.05) is 19.9 Å². The van der Waals surface area contributed by atoms with Crippen LogP contribution in [0.3, 0.4) is 0 Å². The maximum absolute atomic E-state index is 12.3. The SMILES string of the molecule is CCOC(=O)CCNc1ncc2c(=O)n(CCOC)c(=O)[nH]c2n1. The molecule has 0 aliphatic heterocycles. The number of esters is 1. The number of hydrogen-bond donors (Lipinski definition) is 2. The van der Waals surface area contributed by atoms with Gasteiger partial charge < -0.3 is 14.8 Å². The number of ether oxygens (including phenoxy) is 2. The topological polar surface area (TPSA) is 128 Å². The maximum atomic E-state index is 12.3. The van der Waals surface area contributed by atoms with Crippen LogP contribution in [0.15, 0.2) is 15.8 Å². The molecule has 2 aromatic rings. The molecule has 2 heterocycles. The van der Waals surface area contributed by atoms with Gasteiger partial charge in [-0.1, -0.05) is 0 Å². The van der Waals surface area contributed by atoms with Gasteiger partial charge in [-0.3, -0.25) is 19.1 Å². The zero-order valence-electron chi connectivity index (χ0n) is 13.5. The van der Waals surface area contributed by atoms with Crippen molar-refractivity contribution in [2.45, 2.75) is 19.9 Å². The first-order valence-electron chi connectivity index (χ1n) is 7.45. The molecule has 0 bridgehead atoms. The summed E-state index contributed by atoms with van der Waals surface area (Å²) in [5.74, 6) is -0.128. The molecular formula is C14H19N5O5. The van der Waals surface area contributed by atoms with Crippen molar-refractivity contribution in [2.24, 2.45) is 0 Å². The number of carbonyl (C=O) groups is 1. The van der Waals surface area contributed by atoms with E-state index in [4.69, 9.17) is 9.47 Å². The predicted molar refractivity (Wildman–Crippen MR) is 86.0 cm³/mol. The Kier molecular flexibility index (Phi) is 6.01. The number of aromatic amines is 1. The highest BCUT2D eigenvalue weighted by Crippen LogP contribution is 2.04. The fraction of sp³-hybridized carbons (Fsp3) is 0.500. The van der Waals surface area contributed by atoms with Crippen molar-refractivity contribution in [3.05, 3.63) is 27.0 Å². The van der Waals surface area contributed by atoms with Gasteiger partial charge >= 0.3 is 11.7 Å². The highest BCUT2D eigenvalue weighted by Gasteiger charge is 2.10. The van der Waals surface area contributed by atoms with Gasteiger partial charge in [0.1, 0.15) is 5.39 Å². The number of carbonyl (C=O) groups excluding carboxylic acids is 1. The van der Waals surface area contributed by atoms with E-state index in [0.717, 1.165) is 4.57 Å². The van der Waals surface area contributed by atoms with Crippen molar-refractivity contribution in [3.8, 4) is 0 Å². The van der Waals surface area contributed by atoms with Gasteiger partial charge in [-0.25, -0.2) is 9.78 Å². The number of aromatic nitrogens is 4. The van der Waals surface area contributed by atoms with E-state index in [-0.39, 0.29) is 49.1 Å². The van der Waals surface area contributed by atoms with Crippen molar-refractivity contribution in [1.82, 2.24) is 19.5 Å². The third-order valence-electron chi connectivity index (χ3n) is 3.17. The van der Waals surface area contributed by atoms with E-state index in [1.807, 2.05) is 0 Å². The summed E-state index contributed by atoms with van der Waals surface area (Å²) >= 11 is 0. The van der Waals surface area contributed by atoms with E-state index in [1.165, 1.54) is 13.3 Å². The van der Waals surface area contributed by atoms with E-state index in [1.54, 1.807) is 6.92 Å². The van der Waals surface area contributed by atoms with Crippen LogP contribution in [-0.2, 0) is 20.8 Å². The molecule has 0 unspecified atom stereocenters. The molecule has 2 aromatic heterocycles. The molecule has 0 aliphatic carbocycles. The normalized spacial score (nSPS) is 10.8. The molecule has 0 aromatic carbocycles. The Balaban J connectivity index is 2.18.